The molecule has 0 saturated carbocycles. The lowest BCUT2D eigenvalue weighted by Gasteiger charge is -2.17. The van der Waals surface area contributed by atoms with Gasteiger partial charge < -0.3 is 9.84 Å². The van der Waals surface area contributed by atoms with Gasteiger partial charge in [0.25, 0.3) is 0 Å². The standard InChI is InChI=1S/C15H13Cl2FO2/c1-20-14-7-3-6-12(18)15(14)13(19)8-9-10(16)4-2-5-11(9)17/h2-7,13,19H,8H2,1H3. The summed E-state index contributed by atoms with van der Waals surface area (Å²) in [6.45, 7) is 0. The quantitative estimate of drug-likeness (QED) is 0.905. The second-order valence-corrected chi connectivity index (χ2v) is 5.09. The van der Waals surface area contributed by atoms with Crippen molar-refractivity contribution in [3.63, 3.8) is 0 Å². The summed E-state index contributed by atoms with van der Waals surface area (Å²) >= 11 is 12.1. The molecule has 1 N–H and O–H groups in total. The van der Waals surface area contributed by atoms with Gasteiger partial charge in [-0.1, -0.05) is 35.3 Å². The maximum Gasteiger partial charge on any atom is 0.132 e. The number of methoxy groups -OCH3 is 1. The minimum absolute atomic E-state index is 0.103. The van der Waals surface area contributed by atoms with Crippen molar-refractivity contribution in [1.29, 1.82) is 0 Å². The Morgan fingerprint density at radius 2 is 1.75 bits per heavy atom. The largest absolute Gasteiger partial charge is 0.496 e. The van der Waals surface area contributed by atoms with Crippen LogP contribution in [-0.4, -0.2) is 12.2 Å². The van der Waals surface area contributed by atoms with Crippen LogP contribution in [-0.2, 0) is 6.42 Å². The third kappa shape index (κ3) is 3.06. The Morgan fingerprint density at radius 1 is 1.15 bits per heavy atom. The Bertz CT molecular complexity index is 597. The summed E-state index contributed by atoms with van der Waals surface area (Å²) in [4.78, 5) is 0. The molecule has 106 valence electrons. The Kier molecular flexibility index (Phi) is 4.86. The lowest BCUT2D eigenvalue weighted by molar-refractivity contribution is 0.169. The number of hydrogen-bond acceptors (Lipinski definition) is 2. The van der Waals surface area contributed by atoms with Crippen molar-refractivity contribution >= 4 is 23.2 Å². The fourth-order valence-electron chi connectivity index (χ4n) is 2.04. The van der Waals surface area contributed by atoms with Crippen molar-refractivity contribution < 1.29 is 14.2 Å². The van der Waals surface area contributed by atoms with E-state index in [2.05, 4.69) is 0 Å². The van der Waals surface area contributed by atoms with Crippen LogP contribution in [0.3, 0.4) is 0 Å². The van der Waals surface area contributed by atoms with E-state index in [1.54, 1.807) is 24.3 Å². The van der Waals surface area contributed by atoms with Crippen molar-refractivity contribution in [2.75, 3.05) is 7.11 Å². The van der Waals surface area contributed by atoms with E-state index in [4.69, 9.17) is 27.9 Å². The number of hydrogen-bond donors (Lipinski definition) is 1. The maximum atomic E-state index is 13.9. The van der Waals surface area contributed by atoms with Crippen LogP contribution in [0.25, 0.3) is 0 Å². The summed E-state index contributed by atoms with van der Waals surface area (Å²) in [5.74, 6) is -0.235. The highest BCUT2D eigenvalue weighted by atomic mass is 35.5. The van der Waals surface area contributed by atoms with Crippen LogP contribution in [0, 0.1) is 5.82 Å². The Balaban J connectivity index is 2.36. The van der Waals surface area contributed by atoms with Crippen LogP contribution in [0.5, 0.6) is 5.75 Å². The van der Waals surface area contributed by atoms with Gasteiger partial charge in [-0.3, -0.25) is 0 Å². The molecule has 0 aromatic heterocycles. The van der Waals surface area contributed by atoms with Crippen LogP contribution in [0.1, 0.15) is 17.2 Å². The van der Waals surface area contributed by atoms with Gasteiger partial charge in [0.2, 0.25) is 0 Å². The summed E-state index contributed by atoms with van der Waals surface area (Å²) < 4.78 is 19.0. The van der Waals surface area contributed by atoms with E-state index in [9.17, 15) is 9.50 Å². The van der Waals surface area contributed by atoms with Gasteiger partial charge in [0.05, 0.1) is 18.8 Å². The maximum absolute atomic E-state index is 13.9. The minimum atomic E-state index is -1.09. The van der Waals surface area contributed by atoms with E-state index in [1.807, 2.05) is 0 Å². The first-order valence-electron chi connectivity index (χ1n) is 5.98. The average molecular weight is 315 g/mol. The van der Waals surface area contributed by atoms with Gasteiger partial charge in [-0.25, -0.2) is 4.39 Å². The number of aliphatic hydroxyl groups excluding tert-OH is 1. The summed E-state index contributed by atoms with van der Waals surface area (Å²) in [5, 5.41) is 11.2. The smallest absolute Gasteiger partial charge is 0.132 e. The van der Waals surface area contributed by atoms with E-state index in [0.717, 1.165) is 0 Å². The molecule has 0 saturated heterocycles. The molecule has 1 atom stereocenters. The molecule has 2 aromatic rings. The molecule has 0 aliphatic rings. The van der Waals surface area contributed by atoms with Crippen LogP contribution in [0.4, 0.5) is 4.39 Å². The number of rotatable bonds is 4. The molecule has 0 aliphatic carbocycles. The number of aliphatic hydroxyl groups is 1. The molecule has 0 radical (unpaired) electrons. The molecule has 0 amide bonds. The van der Waals surface area contributed by atoms with Gasteiger partial charge in [-0.05, 0) is 29.8 Å². The van der Waals surface area contributed by atoms with Crippen molar-refractivity contribution in [3.05, 3.63) is 63.4 Å². The monoisotopic (exact) mass is 314 g/mol. The molecule has 1 unspecified atom stereocenters. The molecule has 0 heterocycles. The fraction of sp³-hybridized carbons (Fsp3) is 0.200. The first-order valence-corrected chi connectivity index (χ1v) is 6.73. The first-order chi connectivity index (χ1) is 9.54. The van der Waals surface area contributed by atoms with Crippen molar-refractivity contribution in [1.82, 2.24) is 0 Å². The summed E-state index contributed by atoms with van der Waals surface area (Å²) in [7, 11) is 1.42. The highest BCUT2D eigenvalue weighted by Gasteiger charge is 2.20. The lowest BCUT2D eigenvalue weighted by Crippen LogP contribution is -2.07. The zero-order chi connectivity index (χ0) is 14.7. The van der Waals surface area contributed by atoms with Gasteiger partial charge in [0.1, 0.15) is 11.6 Å². The van der Waals surface area contributed by atoms with Gasteiger partial charge in [-0.2, -0.15) is 0 Å². The van der Waals surface area contributed by atoms with Crippen molar-refractivity contribution in [2.45, 2.75) is 12.5 Å². The Morgan fingerprint density at radius 3 is 2.35 bits per heavy atom. The molecule has 2 nitrogen and oxygen atoms in total. The fourth-order valence-corrected chi connectivity index (χ4v) is 2.59. The molecule has 0 aliphatic heterocycles. The normalized spacial score (nSPS) is 12.2. The topological polar surface area (TPSA) is 29.5 Å². The minimum Gasteiger partial charge on any atom is -0.496 e. The molecular formula is C15H13Cl2FO2. The van der Waals surface area contributed by atoms with Crippen molar-refractivity contribution in [3.8, 4) is 5.75 Å². The summed E-state index contributed by atoms with van der Waals surface area (Å²) in [6.07, 6.45) is -0.987. The number of ether oxygens (including phenoxy) is 1. The average Bonchev–Trinajstić information content (AvgIpc) is 2.42. The molecule has 0 bridgehead atoms. The van der Waals surface area contributed by atoms with E-state index in [-0.39, 0.29) is 12.0 Å². The SMILES string of the molecule is COc1cccc(F)c1C(O)Cc1c(Cl)cccc1Cl. The Hall–Kier alpha value is -1.29. The van der Waals surface area contributed by atoms with Crippen LogP contribution < -0.4 is 4.74 Å². The van der Waals surface area contributed by atoms with E-state index >= 15 is 0 Å². The van der Waals surface area contributed by atoms with Crippen LogP contribution >= 0.6 is 23.2 Å². The number of benzene rings is 2. The lowest BCUT2D eigenvalue weighted by atomic mass is 10.00. The highest BCUT2D eigenvalue weighted by molar-refractivity contribution is 6.36. The molecule has 0 fully saturated rings. The predicted molar refractivity (Wildman–Crippen MR) is 78.1 cm³/mol. The Labute approximate surface area is 126 Å². The molecule has 0 spiro atoms. The van der Waals surface area contributed by atoms with Gasteiger partial charge in [-0.15, -0.1) is 0 Å². The molecule has 2 rings (SSSR count). The third-order valence-corrected chi connectivity index (χ3v) is 3.73. The zero-order valence-electron chi connectivity index (χ0n) is 10.7. The molecule has 5 heteroatoms. The van der Waals surface area contributed by atoms with Crippen LogP contribution in [0.15, 0.2) is 36.4 Å². The predicted octanol–water partition coefficient (Wildman–Crippen LogP) is 4.42. The second kappa shape index (κ2) is 6.44. The van der Waals surface area contributed by atoms with Gasteiger partial charge in [0.15, 0.2) is 0 Å². The first kappa shape index (κ1) is 15.1. The van der Waals surface area contributed by atoms with Crippen LogP contribution in [0.2, 0.25) is 10.0 Å². The molecule has 2 aromatic carbocycles. The van der Waals surface area contributed by atoms with Crippen molar-refractivity contribution in [2.24, 2.45) is 0 Å². The highest BCUT2D eigenvalue weighted by Crippen LogP contribution is 2.33. The van der Waals surface area contributed by atoms with E-state index in [1.165, 1.54) is 19.2 Å². The van der Waals surface area contributed by atoms with E-state index in [0.29, 0.717) is 21.4 Å². The van der Waals surface area contributed by atoms with Gasteiger partial charge >= 0.3 is 0 Å². The summed E-state index contributed by atoms with van der Waals surface area (Å²) in [5.41, 5.74) is 0.680. The van der Waals surface area contributed by atoms with Gasteiger partial charge in [0, 0.05) is 16.5 Å². The molecular weight excluding hydrogens is 302 g/mol. The third-order valence-electron chi connectivity index (χ3n) is 3.03. The number of halogens is 3. The summed E-state index contributed by atoms with van der Waals surface area (Å²) in [6, 6.07) is 9.45. The van der Waals surface area contributed by atoms with E-state index < -0.39 is 11.9 Å². The molecule has 20 heavy (non-hydrogen) atoms. The second-order valence-electron chi connectivity index (χ2n) is 4.28. The zero-order valence-corrected chi connectivity index (χ0v) is 12.2.